The Morgan fingerprint density at radius 2 is 1.86 bits per heavy atom. The first-order chi connectivity index (χ1) is 14.0. The van der Waals surface area contributed by atoms with E-state index in [9.17, 15) is 4.79 Å². The molecule has 1 aliphatic rings. The third kappa shape index (κ3) is 6.23. The number of nitrogens with one attached hydrogen (secondary N) is 1. The lowest BCUT2D eigenvalue weighted by molar-refractivity contribution is -0.122. The van der Waals surface area contributed by atoms with E-state index in [2.05, 4.69) is 30.1 Å². The fourth-order valence-corrected chi connectivity index (χ4v) is 3.68. The van der Waals surface area contributed by atoms with Gasteiger partial charge in [0.05, 0.1) is 20.1 Å². The lowest BCUT2D eigenvalue weighted by atomic mass is 10.0. The molecule has 0 aliphatic carbocycles. The van der Waals surface area contributed by atoms with Crippen LogP contribution in [0.25, 0.3) is 0 Å². The van der Waals surface area contributed by atoms with Gasteiger partial charge in [0.1, 0.15) is 11.5 Å². The van der Waals surface area contributed by atoms with Crippen molar-refractivity contribution < 1.29 is 14.3 Å². The van der Waals surface area contributed by atoms with Gasteiger partial charge in [-0.1, -0.05) is 24.3 Å². The molecule has 1 heterocycles. The van der Waals surface area contributed by atoms with Gasteiger partial charge in [-0.25, -0.2) is 0 Å². The number of likely N-dealkylation sites (tertiary alicyclic amines) is 1. The summed E-state index contributed by atoms with van der Waals surface area (Å²) in [6.45, 7) is 7.38. The van der Waals surface area contributed by atoms with Crippen molar-refractivity contribution in [3.63, 3.8) is 0 Å². The number of amides is 1. The molecule has 0 aromatic heterocycles. The second-order valence-corrected chi connectivity index (χ2v) is 7.77. The average Bonchev–Trinajstić information content (AvgIpc) is 2.72. The van der Waals surface area contributed by atoms with E-state index < -0.39 is 0 Å². The first-order valence-electron chi connectivity index (χ1n) is 10.4. The van der Waals surface area contributed by atoms with Crippen LogP contribution in [0.5, 0.6) is 11.5 Å². The van der Waals surface area contributed by atoms with E-state index in [1.807, 2.05) is 36.4 Å². The van der Waals surface area contributed by atoms with Crippen molar-refractivity contribution in [1.82, 2.24) is 10.2 Å². The van der Waals surface area contributed by atoms with Crippen molar-refractivity contribution in [2.24, 2.45) is 0 Å². The molecule has 3 rings (SSSR count). The normalized spacial score (nSPS) is 15.1. The predicted molar refractivity (Wildman–Crippen MR) is 115 cm³/mol. The summed E-state index contributed by atoms with van der Waals surface area (Å²) in [6.07, 6.45) is 2.33. The number of carbonyl (C=O) groups excluding carboxylic acids is 1. The van der Waals surface area contributed by atoms with Crippen molar-refractivity contribution in [3.8, 4) is 11.5 Å². The van der Waals surface area contributed by atoms with Gasteiger partial charge in [-0.15, -0.1) is 0 Å². The Labute approximate surface area is 174 Å². The Morgan fingerprint density at radius 3 is 2.59 bits per heavy atom. The van der Waals surface area contributed by atoms with Gasteiger partial charge in [-0.3, -0.25) is 9.69 Å². The summed E-state index contributed by atoms with van der Waals surface area (Å²) in [5.74, 6) is 1.83. The van der Waals surface area contributed by atoms with Gasteiger partial charge in [0.15, 0.2) is 0 Å². The van der Waals surface area contributed by atoms with Gasteiger partial charge in [-0.2, -0.15) is 0 Å². The molecule has 0 radical (unpaired) electrons. The third-order valence-corrected chi connectivity index (χ3v) is 5.62. The van der Waals surface area contributed by atoms with E-state index in [0.29, 0.717) is 13.0 Å². The number of rotatable bonds is 8. The highest BCUT2D eigenvalue weighted by Crippen LogP contribution is 2.21. The molecular formula is C24H32N2O3. The van der Waals surface area contributed by atoms with Crippen LogP contribution < -0.4 is 14.8 Å². The smallest absolute Gasteiger partial charge is 0.223 e. The lowest BCUT2D eigenvalue weighted by Crippen LogP contribution is -2.44. The standard InChI is InChI=1S/C24H32N2O3/c1-18-8-9-22(16-19(18)2)29-15-12-24(27)25-21-10-13-26(14-11-21)17-20-6-4-5-7-23(20)28-3/h4-9,16,21H,10-15,17H2,1-3H3,(H,25,27). The summed E-state index contributed by atoms with van der Waals surface area (Å²) in [6, 6.07) is 14.4. The zero-order valence-corrected chi connectivity index (χ0v) is 17.7. The molecular weight excluding hydrogens is 364 g/mol. The van der Waals surface area contributed by atoms with Gasteiger partial charge in [0.2, 0.25) is 5.91 Å². The molecule has 5 nitrogen and oxygen atoms in total. The van der Waals surface area contributed by atoms with Crippen molar-refractivity contribution in [3.05, 3.63) is 59.2 Å². The minimum atomic E-state index is 0.0667. The Bertz CT molecular complexity index is 814. The third-order valence-electron chi connectivity index (χ3n) is 5.62. The molecule has 1 amide bonds. The van der Waals surface area contributed by atoms with Gasteiger partial charge >= 0.3 is 0 Å². The molecule has 1 saturated heterocycles. The van der Waals surface area contributed by atoms with E-state index in [-0.39, 0.29) is 11.9 Å². The second-order valence-electron chi connectivity index (χ2n) is 7.77. The monoisotopic (exact) mass is 396 g/mol. The minimum Gasteiger partial charge on any atom is -0.496 e. The average molecular weight is 397 g/mol. The highest BCUT2D eigenvalue weighted by molar-refractivity contribution is 5.76. The lowest BCUT2D eigenvalue weighted by Gasteiger charge is -2.32. The Kier molecular flexibility index (Phi) is 7.53. The molecule has 29 heavy (non-hydrogen) atoms. The summed E-state index contributed by atoms with van der Waals surface area (Å²) < 4.78 is 11.2. The molecule has 0 spiro atoms. The fraction of sp³-hybridized carbons (Fsp3) is 0.458. The van der Waals surface area contributed by atoms with Crippen LogP contribution in [-0.4, -0.2) is 43.7 Å². The largest absolute Gasteiger partial charge is 0.496 e. The number of aryl methyl sites for hydroxylation is 2. The van der Waals surface area contributed by atoms with Gasteiger partial charge in [0, 0.05) is 31.2 Å². The maximum Gasteiger partial charge on any atom is 0.223 e. The van der Waals surface area contributed by atoms with E-state index in [0.717, 1.165) is 44.0 Å². The van der Waals surface area contributed by atoms with Crippen LogP contribution in [-0.2, 0) is 11.3 Å². The number of carbonyl (C=O) groups is 1. The zero-order chi connectivity index (χ0) is 20.6. The van der Waals surface area contributed by atoms with Crippen LogP contribution in [0.3, 0.4) is 0 Å². The molecule has 1 aliphatic heterocycles. The molecule has 0 saturated carbocycles. The van der Waals surface area contributed by atoms with Crippen molar-refractivity contribution in [2.75, 3.05) is 26.8 Å². The summed E-state index contributed by atoms with van der Waals surface area (Å²) in [7, 11) is 1.71. The molecule has 5 heteroatoms. The molecule has 0 atom stereocenters. The number of hydrogen-bond donors (Lipinski definition) is 1. The van der Waals surface area contributed by atoms with Crippen LogP contribution >= 0.6 is 0 Å². The van der Waals surface area contributed by atoms with Crippen molar-refractivity contribution in [1.29, 1.82) is 0 Å². The Hall–Kier alpha value is -2.53. The summed E-state index contributed by atoms with van der Waals surface area (Å²) in [5.41, 5.74) is 3.65. The number of ether oxygens (including phenoxy) is 2. The molecule has 1 N–H and O–H groups in total. The highest BCUT2D eigenvalue weighted by Gasteiger charge is 2.21. The van der Waals surface area contributed by atoms with Crippen LogP contribution in [0.1, 0.15) is 36.0 Å². The van der Waals surface area contributed by atoms with E-state index in [1.165, 1.54) is 16.7 Å². The number of hydrogen-bond acceptors (Lipinski definition) is 4. The molecule has 156 valence electrons. The van der Waals surface area contributed by atoms with Gasteiger partial charge in [-0.05, 0) is 56.0 Å². The first kappa shape index (κ1) is 21.2. The molecule has 1 fully saturated rings. The molecule has 0 bridgehead atoms. The number of nitrogens with zero attached hydrogens (tertiary/aromatic N) is 1. The number of piperidine rings is 1. The number of methoxy groups -OCH3 is 1. The summed E-state index contributed by atoms with van der Waals surface area (Å²) in [5, 5.41) is 3.16. The Balaban J connectivity index is 1.36. The van der Waals surface area contributed by atoms with E-state index in [1.54, 1.807) is 7.11 Å². The summed E-state index contributed by atoms with van der Waals surface area (Å²) in [4.78, 5) is 14.7. The zero-order valence-electron chi connectivity index (χ0n) is 17.7. The van der Waals surface area contributed by atoms with Gasteiger partial charge < -0.3 is 14.8 Å². The Morgan fingerprint density at radius 1 is 1.10 bits per heavy atom. The maximum atomic E-state index is 12.3. The molecule has 2 aromatic carbocycles. The quantitative estimate of drug-likeness (QED) is 0.736. The predicted octanol–water partition coefficient (Wildman–Crippen LogP) is 3.86. The maximum absolute atomic E-state index is 12.3. The topological polar surface area (TPSA) is 50.8 Å². The highest BCUT2D eigenvalue weighted by atomic mass is 16.5. The number of benzene rings is 2. The second kappa shape index (κ2) is 10.3. The SMILES string of the molecule is COc1ccccc1CN1CCC(NC(=O)CCOc2ccc(C)c(C)c2)CC1. The van der Waals surface area contributed by atoms with Gasteiger partial charge in [0.25, 0.3) is 0 Å². The van der Waals surface area contributed by atoms with Crippen molar-refractivity contribution >= 4 is 5.91 Å². The molecule has 0 unspecified atom stereocenters. The van der Waals surface area contributed by atoms with E-state index >= 15 is 0 Å². The van der Waals surface area contributed by atoms with E-state index in [4.69, 9.17) is 9.47 Å². The van der Waals surface area contributed by atoms with Crippen molar-refractivity contribution in [2.45, 2.75) is 45.7 Å². The van der Waals surface area contributed by atoms with Crippen LogP contribution in [0, 0.1) is 13.8 Å². The van der Waals surface area contributed by atoms with Crippen LogP contribution in [0.15, 0.2) is 42.5 Å². The first-order valence-corrected chi connectivity index (χ1v) is 10.4. The minimum absolute atomic E-state index is 0.0667. The molecule has 2 aromatic rings. The van der Waals surface area contributed by atoms with Crippen LogP contribution in [0.2, 0.25) is 0 Å². The van der Waals surface area contributed by atoms with Crippen LogP contribution in [0.4, 0.5) is 0 Å². The number of para-hydroxylation sites is 1. The summed E-state index contributed by atoms with van der Waals surface area (Å²) >= 11 is 0. The fourth-order valence-electron chi connectivity index (χ4n) is 3.68.